The fourth-order valence-corrected chi connectivity index (χ4v) is 6.21. The summed E-state index contributed by atoms with van der Waals surface area (Å²) in [5.41, 5.74) is 1.61. The van der Waals surface area contributed by atoms with Gasteiger partial charge in [0.05, 0.1) is 10.7 Å². The number of carbonyl (C=O) groups is 1. The van der Waals surface area contributed by atoms with E-state index in [0.717, 1.165) is 37.7 Å². The summed E-state index contributed by atoms with van der Waals surface area (Å²) in [6.07, 6.45) is 4.29. The van der Waals surface area contributed by atoms with Crippen LogP contribution in [0.3, 0.4) is 0 Å². The van der Waals surface area contributed by atoms with Crippen molar-refractivity contribution in [1.82, 2.24) is 4.31 Å². The van der Waals surface area contributed by atoms with Crippen LogP contribution in [0.1, 0.15) is 32.1 Å². The van der Waals surface area contributed by atoms with Crippen molar-refractivity contribution in [2.75, 3.05) is 36.4 Å². The Labute approximate surface area is 193 Å². The highest BCUT2D eigenvalue weighted by molar-refractivity contribution is 7.89. The Morgan fingerprint density at radius 3 is 2.34 bits per heavy atom. The minimum absolute atomic E-state index is 0.158. The van der Waals surface area contributed by atoms with Gasteiger partial charge in [0.1, 0.15) is 10.7 Å². The smallest absolute Gasteiger partial charge is 0.245 e. The van der Waals surface area contributed by atoms with Gasteiger partial charge in [0.25, 0.3) is 0 Å². The number of hydrogen-bond acceptors (Lipinski definition) is 4. The first-order valence-electron chi connectivity index (χ1n) is 11.0. The predicted molar refractivity (Wildman–Crippen MR) is 124 cm³/mol. The molecular weight excluding hydrogens is 453 g/mol. The molecule has 0 saturated carbocycles. The molecule has 0 radical (unpaired) electrons. The third kappa shape index (κ3) is 4.92. The van der Waals surface area contributed by atoms with Crippen LogP contribution in [0.5, 0.6) is 0 Å². The number of sulfonamides is 1. The van der Waals surface area contributed by atoms with Gasteiger partial charge in [0.15, 0.2) is 0 Å². The van der Waals surface area contributed by atoms with Gasteiger partial charge >= 0.3 is 0 Å². The van der Waals surface area contributed by atoms with E-state index in [1.54, 1.807) is 6.07 Å². The lowest BCUT2D eigenvalue weighted by Crippen LogP contribution is -2.41. The van der Waals surface area contributed by atoms with Crippen LogP contribution in [0.2, 0.25) is 5.02 Å². The molecule has 2 saturated heterocycles. The number of halogens is 2. The average molecular weight is 480 g/mol. The molecule has 2 aliphatic rings. The van der Waals surface area contributed by atoms with Crippen molar-refractivity contribution in [3.05, 3.63) is 53.3 Å². The average Bonchev–Trinajstić information content (AvgIpc) is 2.80. The molecule has 1 N–H and O–H groups in total. The molecule has 0 spiro atoms. The number of nitrogens with one attached hydrogen (secondary N) is 1. The Bertz CT molecular complexity index is 1080. The Hall–Kier alpha value is -2.16. The van der Waals surface area contributed by atoms with E-state index < -0.39 is 15.8 Å². The number of benzene rings is 2. The lowest BCUT2D eigenvalue weighted by molar-refractivity contribution is -0.120. The first-order chi connectivity index (χ1) is 15.4. The number of carbonyl (C=O) groups excluding carboxylic acids is 1. The van der Waals surface area contributed by atoms with Gasteiger partial charge in [-0.1, -0.05) is 23.7 Å². The molecule has 6 nitrogen and oxygen atoms in total. The van der Waals surface area contributed by atoms with Crippen LogP contribution in [-0.2, 0) is 14.8 Å². The van der Waals surface area contributed by atoms with Gasteiger partial charge in [-0.2, -0.15) is 4.31 Å². The van der Waals surface area contributed by atoms with Crippen molar-refractivity contribution < 1.29 is 17.6 Å². The third-order valence-corrected chi connectivity index (χ3v) is 8.43. The molecule has 9 heteroatoms. The maximum absolute atomic E-state index is 14.0. The molecular formula is C23H27ClFN3O3S. The van der Waals surface area contributed by atoms with Crippen LogP contribution in [0.4, 0.5) is 15.8 Å². The molecule has 1 amide bonds. The van der Waals surface area contributed by atoms with Crippen LogP contribution < -0.4 is 10.2 Å². The zero-order valence-corrected chi connectivity index (χ0v) is 19.3. The van der Waals surface area contributed by atoms with Crippen molar-refractivity contribution >= 4 is 38.9 Å². The van der Waals surface area contributed by atoms with Crippen LogP contribution >= 0.6 is 11.6 Å². The fraction of sp³-hybridized carbons (Fsp3) is 0.435. The van der Waals surface area contributed by atoms with Gasteiger partial charge in [-0.15, -0.1) is 0 Å². The molecule has 2 aromatic carbocycles. The molecule has 0 atom stereocenters. The number of hydrogen-bond donors (Lipinski definition) is 1. The number of piperidine rings is 2. The van der Waals surface area contributed by atoms with E-state index in [2.05, 4.69) is 10.2 Å². The molecule has 4 rings (SSSR count). The van der Waals surface area contributed by atoms with Gasteiger partial charge < -0.3 is 10.2 Å². The second kappa shape index (κ2) is 9.77. The monoisotopic (exact) mass is 479 g/mol. The zero-order chi connectivity index (χ0) is 22.7. The van der Waals surface area contributed by atoms with Crippen LogP contribution in [0.15, 0.2) is 47.4 Å². The molecule has 2 heterocycles. The molecule has 0 aliphatic carbocycles. The number of nitrogens with zero attached hydrogens (tertiary/aromatic N) is 2. The number of anilines is 2. The second-order valence-corrected chi connectivity index (χ2v) is 10.6. The summed E-state index contributed by atoms with van der Waals surface area (Å²) in [6.45, 7) is 2.31. The van der Waals surface area contributed by atoms with E-state index in [1.165, 1.54) is 28.9 Å². The van der Waals surface area contributed by atoms with Crippen molar-refractivity contribution in [3.8, 4) is 0 Å². The van der Waals surface area contributed by atoms with Gasteiger partial charge in [0.2, 0.25) is 15.9 Å². The number of amides is 1. The molecule has 2 aromatic rings. The summed E-state index contributed by atoms with van der Waals surface area (Å²) < 4.78 is 40.7. The van der Waals surface area contributed by atoms with Crippen LogP contribution in [0.25, 0.3) is 0 Å². The molecule has 2 aliphatic heterocycles. The van der Waals surface area contributed by atoms with Crippen molar-refractivity contribution in [3.63, 3.8) is 0 Å². The summed E-state index contributed by atoms with van der Waals surface area (Å²) in [5, 5.41) is 3.51. The van der Waals surface area contributed by atoms with Crippen molar-refractivity contribution in [1.29, 1.82) is 0 Å². The topological polar surface area (TPSA) is 69.7 Å². The molecule has 172 valence electrons. The Balaban J connectivity index is 1.36. The lowest BCUT2D eigenvalue weighted by Gasteiger charge is -2.31. The van der Waals surface area contributed by atoms with Gasteiger partial charge in [-0.05, 0) is 62.4 Å². The van der Waals surface area contributed by atoms with Gasteiger partial charge in [-0.3, -0.25) is 4.79 Å². The first-order valence-corrected chi connectivity index (χ1v) is 12.8. The third-order valence-electron chi connectivity index (χ3n) is 6.19. The zero-order valence-electron chi connectivity index (χ0n) is 17.8. The molecule has 32 heavy (non-hydrogen) atoms. The van der Waals surface area contributed by atoms with E-state index in [4.69, 9.17) is 11.6 Å². The summed E-state index contributed by atoms with van der Waals surface area (Å²) in [7, 11) is -3.92. The lowest BCUT2D eigenvalue weighted by atomic mass is 9.97. The van der Waals surface area contributed by atoms with Gasteiger partial charge in [-0.25, -0.2) is 12.8 Å². The second-order valence-electron chi connectivity index (χ2n) is 8.31. The normalized spacial score (nSPS) is 18.5. The maximum Gasteiger partial charge on any atom is 0.245 e. The Morgan fingerprint density at radius 1 is 1.00 bits per heavy atom. The predicted octanol–water partition coefficient (Wildman–Crippen LogP) is 4.51. The van der Waals surface area contributed by atoms with Gasteiger partial charge in [0, 0.05) is 37.8 Å². The minimum Gasteiger partial charge on any atom is -0.370 e. The summed E-state index contributed by atoms with van der Waals surface area (Å²) >= 11 is 6.48. The molecule has 0 aromatic heterocycles. The highest BCUT2D eigenvalue weighted by Gasteiger charge is 2.33. The largest absolute Gasteiger partial charge is 0.370 e. The van der Waals surface area contributed by atoms with E-state index in [1.807, 2.05) is 12.1 Å². The summed E-state index contributed by atoms with van der Waals surface area (Å²) in [4.78, 5) is 14.7. The quantitative estimate of drug-likeness (QED) is 0.685. The van der Waals surface area contributed by atoms with Crippen molar-refractivity contribution in [2.24, 2.45) is 5.92 Å². The minimum atomic E-state index is -3.92. The Kier molecular flexibility index (Phi) is 7.02. The first kappa shape index (κ1) is 23.0. The van der Waals surface area contributed by atoms with E-state index in [-0.39, 0.29) is 29.8 Å². The highest BCUT2D eigenvalue weighted by atomic mass is 35.5. The summed E-state index contributed by atoms with van der Waals surface area (Å²) in [5.74, 6) is -1.24. The van der Waals surface area contributed by atoms with Crippen LogP contribution in [-0.4, -0.2) is 44.8 Å². The van der Waals surface area contributed by atoms with Crippen LogP contribution in [0, 0.1) is 11.7 Å². The fourth-order valence-electron chi connectivity index (χ4n) is 4.37. The summed E-state index contributed by atoms with van der Waals surface area (Å²) in [6, 6.07) is 10.9. The maximum atomic E-state index is 14.0. The standard InChI is InChI=1S/C23H27ClFN3O3S/c24-19-16-18(8-9-21(19)27-12-4-1-5-13-27)26-23(29)17-10-14-28(15-11-17)32(30,31)22-7-3-2-6-20(22)25/h2-3,6-9,16-17H,1,4-5,10-15H2,(H,26,29). The SMILES string of the molecule is O=C(Nc1ccc(N2CCCCC2)c(Cl)c1)C1CCN(S(=O)(=O)c2ccccc2F)CC1. The molecule has 0 bridgehead atoms. The van der Waals surface area contributed by atoms with E-state index >= 15 is 0 Å². The Morgan fingerprint density at radius 2 is 1.69 bits per heavy atom. The molecule has 0 unspecified atom stereocenters. The molecule has 2 fully saturated rings. The van der Waals surface area contributed by atoms with Crippen molar-refractivity contribution in [2.45, 2.75) is 37.0 Å². The van der Waals surface area contributed by atoms with E-state index in [9.17, 15) is 17.6 Å². The van der Waals surface area contributed by atoms with E-state index in [0.29, 0.717) is 23.6 Å². The number of rotatable bonds is 5. The highest BCUT2D eigenvalue weighted by Crippen LogP contribution is 2.32.